The van der Waals surface area contributed by atoms with Crippen LogP contribution in [0, 0.1) is 13.8 Å². The second-order valence-corrected chi connectivity index (χ2v) is 7.65. The van der Waals surface area contributed by atoms with Crippen LogP contribution >= 0.6 is 0 Å². The van der Waals surface area contributed by atoms with Gasteiger partial charge in [-0.25, -0.2) is 9.97 Å². The van der Waals surface area contributed by atoms with E-state index in [0.717, 1.165) is 41.9 Å². The third-order valence-electron chi connectivity index (χ3n) is 4.44. The fourth-order valence-electron chi connectivity index (χ4n) is 2.81. The first-order chi connectivity index (χ1) is 11.2. The minimum Gasteiger partial charge on any atom is -0.351 e. The van der Waals surface area contributed by atoms with Crippen molar-refractivity contribution in [2.24, 2.45) is 0 Å². The van der Waals surface area contributed by atoms with E-state index in [1.807, 2.05) is 19.9 Å². The molecule has 0 amide bonds. The van der Waals surface area contributed by atoms with Crippen molar-refractivity contribution in [3.8, 4) is 0 Å². The number of hydrogen-bond donors (Lipinski definition) is 0. The first kappa shape index (κ1) is 16.6. The van der Waals surface area contributed by atoms with Crippen LogP contribution in [0.4, 0.5) is 11.8 Å². The number of nitrogens with zero attached hydrogens (tertiary/aromatic N) is 6. The maximum Gasteiger partial charge on any atom is 0.225 e. The predicted molar refractivity (Wildman–Crippen MR) is 96.6 cm³/mol. The summed E-state index contributed by atoms with van der Waals surface area (Å²) in [6, 6.07) is 6.54. The molecule has 0 N–H and O–H groups in total. The van der Waals surface area contributed by atoms with Crippen LogP contribution in [0.15, 0.2) is 18.2 Å². The Morgan fingerprint density at radius 2 is 1.67 bits per heavy atom. The van der Waals surface area contributed by atoms with Crippen molar-refractivity contribution >= 4 is 11.8 Å². The van der Waals surface area contributed by atoms with Gasteiger partial charge in [0, 0.05) is 36.9 Å². The number of rotatable bonds is 3. The van der Waals surface area contributed by atoms with E-state index in [0.29, 0.717) is 6.04 Å². The van der Waals surface area contributed by atoms with Crippen LogP contribution < -0.4 is 9.80 Å². The second-order valence-electron chi connectivity index (χ2n) is 7.65. The van der Waals surface area contributed by atoms with Gasteiger partial charge in [0.2, 0.25) is 5.95 Å². The summed E-state index contributed by atoms with van der Waals surface area (Å²) in [4.78, 5) is 13.5. The molecule has 2 aromatic rings. The zero-order chi connectivity index (χ0) is 17.5. The number of aromatic nitrogens is 4. The van der Waals surface area contributed by atoms with Gasteiger partial charge in [0.05, 0.1) is 11.7 Å². The average molecular weight is 326 g/mol. The molecule has 1 aliphatic heterocycles. The summed E-state index contributed by atoms with van der Waals surface area (Å²) in [5, 5.41) is 8.76. The molecule has 6 heteroatoms. The van der Waals surface area contributed by atoms with Gasteiger partial charge < -0.3 is 9.80 Å². The highest BCUT2D eigenvalue weighted by molar-refractivity contribution is 5.46. The van der Waals surface area contributed by atoms with Crippen LogP contribution in [0.3, 0.4) is 0 Å². The van der Waals surface area contributed by atoms with E-state index in [9.17, 15) is 0 Å². The van der Waals surface area contributed by atoms with Crippen molar-refractivity contribution in [3.63, 3.8) is 0 Å². The largest absolute Gasteiger partial charge is 0.351 e. The molecular formula is C18H26N6. The van der Waals surface area contributed by atoms with Crippen molar-refractivity contribution < 1.29 is 0 Å². The van der Waals surface area contributed by atoms with Crippen LogP contribution in [0.25, 0.3) is 0 Å². The molecule has 0 spiro atoms. The number of aryl methyl sites for hydroxylation is 2. The molecule has 3 rings (SSSR count). The van der Waals surface area contributed by atoms with Gasteiger partial charge in [-0.15, -0.1) is 5.10 Å². The minimum atomic E-state index is 0.0313. The highest BCUT2D eigenvalue weighted by Crippen LogP contribution is 2.25. The van der Waals surface area contributed by atoms with Crippen molar-refractivity contribution in [1.82, 2.24) is 20.2 Å². The van der Waals surface area contributed by atoms with E-state index in [2.05, 4.69) is 69.9 Å². The zero-order valence-electron chi connectivity index (χ0n) is 15.4. The van der Waals surface area contributed by atoms with Gasteiger partial charge in [-0.3, -0.25) is 0 Å². The third-order valence-corrected chi connectivity index (χ3v) is 4.44. The monoisotopic (exact) mass is 326 g/mol. The normalized spacial score (nSPS) is 15.3. The van der Waals surface area contributed by atoms with Crippen LogP contribution in [0.1, 0.15) is 37.9 Å². The molecule has 1 fully saturated rings. The van der Waals surface area contributed by atoms with E-state index in [1.165, 1.54) is 0 Å². The highest BCUT2D eigenvalue weighted by atomic mass is 15.4. The molecule has 0 unspecified atom stereocenters. The maximum atomic E-state index is 4.54. The van der Waals surface area contributed by atoms with Crippen molar-refractivity contribution in [3.05, 3.63) is 35.3 Å². The lowest BCUT2D eigenvalue weighted by Crippen LogP contribution is -2.59. The molecule has 0 aromatic carbocycles. The molecule has 3 heterocycles. The minimum absolute atomic E-state index is 0.0313. The molecule has 0 atom stereocenters. The third kappa shape index (κ3) is 3.32. The standard InChI is InChI=1S/C18H26N6/c1-12-9-13(2)20-17(19-12)23(6)14-10-24(11-14)16-8-7-15(21-22-16)18(3,4)5/h7-9,14H,10-11H2,1-6H3. The Hall–Kier alpha value is -2.24. The molecular weight excluding hydrogens is 300 g/mol. The first-order valence-corrected chi connectivity index (χ1v) is 8.38. The Balaban J connectivity index is 1.64. The molecule has 128 valence electrons. The van der Waals surface area contributed by atoms with Gasteiger partial charge in [0.25, 0.3) is 0 Å². The molecule has 0 radical (unpaired) electrons. The Morgan fingerprint density at radius 3 is 2.17 bits per heavy atom. The summed E-state index contributed by atoms with van der Waals surface area (Å²) in [7, 11) is 2.06. The quantitative estimate of drug-likeness (QED) is 0.864. The van der Waals surface area contributed by atoms with E-state index < -0.39 is 0 Å². The average Bonchev–Trinajstić information content (AvgIpc) is 2.44. The van der Waals surface area contributed by atoms with Crippen LogP contribution in [-0.2, 0) is 5.41 Å². The van der Waals surface area contributed by atoms with Gasteiger partial charge in [-0.05, 0) is 32.0 Å². The molecule has 24 heavy (non-hydrogen) atoms. The number of likely N-dealkylation sites (N-methyl/N-ethyl adjacent to an activating group) is 1. The van der Waals surface area contributed by atoms with E-state index >= 15 is 0 Å². The summed E-state index contributed by atoms with van der Waals surface area (Å²) in [5.41, 5.74) is 3.06. The summed E-state index contributed by atoms with van der Waals surface area (Å²) in [6.45, 7) is 12.3. The summed E-state index contributed by atoms with van der Waals surface area (Å²) in [6.07, 6.45) is 0. The molecule has 0 saturated carbocycles. The molecule has 2 aromatic heterocycles. The van der Waals surface area contributed by atoms with Gasteiger partial charge in [0.15, 0.2) is 5.82 Å². The van der Waals surface area contributed by atoms with Gasteiger partial charge >= 0.3 is 0 Å². The molecule has 0 aliphatic carbocycles. The smallest absolute Gasteiger partial charge is 0.225 e. The first-order valence-electron chi connectivity index (χ1n) is 8.38. The second kappa shape index (κ2) is 6.00. The van der Waals surface area contributed by atoms with Crippen molar-refractivity contribution in [2.45, 2.75) is 46.1 Å². The number of hydrogen-bond acceptors (Lipinski definition) is 6. The Morgan fingerprint density at radius 1 is 1.04 bits per heavy atom. The van der Waals surface area contributed by atoms with E-state index in [1.54, 1.807) is 0 Å². The Labute approximate surface area is 143 Å². The Bertz CT molecular complexity index is 693. The van der Waals surface area contributed by atoms with Gasteiger partial charge in [-0.1, -0.05) is 20.8 Å². The molecule has 0 bridgehead atoms. The zero-order valence-corrected chi connectivity index (χ0v) is 15.4. The highest BCUT2D eigenvalue weighted by Gasteiger charge is 2.32. The Kier molecular flexibility index (Phi) is 4.15. The van der Waals surface area contributed by atoms with Crippen LogP contribution in [0.2, 0.25) is 0 Å². The fourth-order valence-corrected chi connectivity index (χ4v) is 2.81. The fraction of sp³-hybridized carbons (Fsp3) is 0.556. The summed E-state index contributed by atoms with van der Waals surface area (Å²) >= 11 is 0. The van der Waals surface area contributed by atoms with Crippen molar-refractivity contribution in [2.75, 3.05) is 29.9 Å². The summed E-state index contributed by atoms with van der Waals surface area (Å²) in [5.74, 6) is 1.74. The van der Waals surface area contributed by atoms with Gasteiger partial charge in [-0.2, -0.15) is 5.10 Å². The SMILES string of the molecule is Cc1cc(C)nc(N(C)C2CN(c3ccc(C(C)(C)C)nn3)C2)n1. The lowest BCUT2D eigenvalue weighted by Gasteiger charge is -2.44. The lowest BCUT2D eigenvalue weighted by atomic mass is 9.92. The molecule has 1 aliphatic rings. The van der Waals surface area contributed by atoms with Crippen molar-refractivity contribution in [1.29, 1.82) is 0 Å². The molecule has 1 saturated heterocycles. The van der Waals surface area contributed by atoms with Gasteiger partial charge in [0.1, 0.15) is 0 Å². The summed E-state index contributed by atoms with van der Waals surface area (Å²) < 4.78 is 0. The predicted octanol–water partition coefficient (Wildman–Crippen LogP) is 2.51. The van der Waals surface area contributed by atoms with E-state index in [-0.39, 0.29) is 5.41 Å². The molecule has 6 nitrogen and oxygen atoms in total. The number of anilines is 2. The topological polar surface area (TPSA) is 58.0 Å². The van der Waals surface area contributed by atoms with Crippen LogP contribution in [0.5, 0.6) is 0 Å². The van der Waals surface area contributed by atoms with E-state index in [4.69, 9.17) is 0 Å². The maximum absolute atomic E-state index is 4.54. The van der Waals surface area contributed by atoms with Crippen LogP contribution in [-0.4, -0.2) is 46.3 Å². The lowest BCUT2D eigenvalue weighted by molar-refractivity contribution is 0.482.